The SMILES string of the molecule is CC#CCC(C)C/C=C/C1CCC2Sc3c(CCCC=O)cccc3C12. The lowest BCUT2D eigenvalue weighted by molar-refractivity contribution is -0.107. The van der Waals surface area contributed by atoms with Crippen LogP contribution in [0.4, 0.5) is 0 Å². The summed E-state index contributed by atoms with van der Waals surface area (Å²) in [5.74, 6) is 8.20. The monoisotopic (exact) mass is 366 g/mol. The number of carbonyl (C=O) groups excluding carboxylic acids is 1. The summed E-state index contributed by atoms with van der Waals surface area (Å²) in [4.78, 5) is 12.1. The van der Waals surface area contributed by atoms with Gasteiger partial charge in [0.25, 0.3) is 0 Å². The number of fused-ring (bicyclic) bond motifs is 3. The Kier molecular flexibility index (Phi) is 7.03. The quantitative estimate of drug-likeness (QED) is 0.237. The van der Waals surface area contributed by atoms with Crippen molar-refractivity contribution in [2.45, 2.75) is 74.9 Å². The van der Waals surface area contributed by atoms with Gasteiger partial charge in [0.1, 0.15) is 6.29 Å². The Labute approximate surface area is 163 Å². The summed E-state index contributed by atoms with van der Waals surface area (Å²) in [5.41, 5.74) is 3.03. The van der Waals surface area contributed by atoms with E-state index >= 15 is 0 Å². The molecule has 4 atom stereocenters. The van der Waals surface area contributed by atoms with Gasteiger partial charge in [-0.3, -0.25) is 0 Å². The first-order chi connectivity index (χ1) is 12.7. The number of thioether (sulfide) groups is 1. The average molecular weight is 367 g/mol. The van der Waals surface area contributed by atoms with E-state index in [0.29, 0.717) is 24.2 Å². The maximum Gasteiger partial charge on any atom is 0.120 e. The largest absolute Gasteiger partial charge is 0.303 e. The van der Waals surface area contributed by atoms with Gasteiger partial charge in [-0.2, -0.15) is 0 Å². The van der Waals surface area contributed by atoms with Crippen LogP contribution < -0.4 is 0 Å². The van der Waals surface area contributed by atoms with Crippen LogP contribution in [0.2, 0.25) is 0 Å². The molecule has 26 heavy (non-hydrogen) atoms. The molecule has 0 bridgehead atoms. The number of hydrogen-bond acceptors (Lipinski definition) is 2. The molecule has 1 fully saturated rings. The Hall–Kier alpha value is -1.46. The molecule has 1 aliphatic heterocycles. The molecule has 3 rings (SSSR count). The van der Waals surface area contributed by atoms with Crippen molar-refractivity contribution in [1.29, 1.82) is 0 Å². The molecule has 2 heteroatoms. The lowest BCUT2D eigenvalue weighted by Gasteiger charge is -2.17. The molecule has 1 heterocycles. The molecule has 4 unspecified atom stereocenters. The molecule has 0 saturated heterocycles. The van der Waals surface area contributed by atoms with E-state index in [2.05, 4.69) is 60.9 Å². The smallest absolute Gasteiger partial charge is 0.120 e. The first kappa shape index (κ1) is 19.3. The fraction of sp³-hybridized carbons (Fsp3) is 0.542. The van der Waals surface area contributed by atoms with E-state index in [1.807, 2.05) is 6.92 Å². The Morgan fingerprint density at radius 1 is 1.35 bits per heavy atom. The summed E-state index contributed by atoms with van der Waals surface area (Å²) >= 11 is 2.11. The number of rotatable bonds is 8. The van der Waals surface area contributed by atoms with Crippen LogP contribution in [0.15, 0.2) is 35.2 Å². The van der Waals surface area contributed by atoms with E-state index in [1.165, 1.54) is 23.3 Å². The molecule has 1 aromatic carbocycles. The minimum Gasteiger partial charge on any atom is -0.303 e. The average Bonchev–Trinajstić information content (AvgIpc) is 3.20. The fourth-order valence-electron chi connectivity index (χ4n) is 4.35. The molecule has 1 nitrogen and oxygen atoms in total. The minimum absolute atomic E-state index is 0.644. The van der Waals surface area contributed by atoms with E-state index < -0.39 is 0 Å². The summed E-state index contributed by atoms with van der Waals surface area (Å²) in [5, 5.41) is 0.746. The highest BCUT2D eigenvalue weighted by Crippen LogP contribution is 2.57. The lowest BCUT2D eigenvalue weighted by Crippen LogP contribution is -2.08. The summed E-state index contributed by atoms with van der Waals surface area (Å²) < 4.78 is 0. The summed E-state index contributed by atoms with van der Waals surface area (Å²) in [6.07, 6.45) is 13.4. The van der Waals surface area contributed by atoms with Crippen molar-refractivity contribution in [1.82, 2.24) is 0 Å². The molecule has 0 radical (unpaired) electrons. The number of unbranched alkanes of at least 4 members (excludes halogenated alkanes) is 1. The summed E-state index contributed by atoms with van der Waals surface area (Å²) in [6, 6.07) is 6.84. The third-order valence-corrected chi connectivity index (χ3v) is 7.28. The molecule has 1 aliphatic carbocycles. The third-order valence-electron chi connectivity index (χ3n) is 5.72. The van der Waals surface area contributed by atoms with Gasteiger partial charge >= 0.3 is 0 Å². The first-order valence-corrected chi connectivity index (χ1v) is 10.9. The number of allylic oxidation sites excluding steroid dienone is 2. The standard InChI is InChI=1S/C24H30OS/c1-3-4-9-18(2)10-7-12-19-15-16-22-23(19)21-14-8-13-20(24(21)26-22)11-5-6-17-25/h7-8,12-14,17-19,22-23H,5-6,9-11,15-16H2,1-2H3/b12-7+. The van der Waals surface area contributed by atoms with Gasteiger partial charge in [0.05, 0.1) is 0 Å². The van der Waals surface area contributed by atoms with Gasteiger partial charge in [0.2, 0.25) is 0 Å². The van der Waals surface area contributed by atoms with E-state index in [9.17, 15) is 4.79 Å². The van der Waals surface area contributed by atoms with Gasteiger partial charge in [-0.1, -0.05) is 37.3 Å². The Balaban J connectivity index is 1.67. The molecule has 0 spiro atoms. The zero-order valence-electron chi connectivity index (χ0n) is 16.0. The van der Waals surface area contributed by atoms with Crippen molar-refractivity contribution in [3.63, 3.8) is 0 Å². The number of benzene rings is 1. The number of hydrogen-bond donors (Lipinski definition) is 0. The molecule has 138 valence electrons. The third kappa shape index (κ3) is 4.44. The van der Waals surface area contributed by atoms with Gasteiger partial charge < -0.3 is 4.79 Å². The molecular formula is C24H30OS. The second kappa shape index (κ2) is 9.47. The van der Waals surface area contributed by atoms with Gasteiger partial charge in [0.15, 0.2) is 0 Å². The zero-order valence-corrected chi connectivity index (χ0v) is 16.9. The van der Waals surface area contributed by atoms with E-state index in [1.54, 1.807) is 5.56 Å². The van der Waals surface area contributed by atoms with E-state index in [4.69, 9.17) is 0 Å². The van der Waals surface area contributed by atoms with Crippen LogP contribution in [0.3, 0.4) is 0 Å². The molecular weight excluding hydrogens is 336 g/mol. The highest BCUT2D eigenvalue weighted by atomic mass is 32.2. The molecule has 2 aliphatic rings. The van der Waals surface area contributed by atoms with Crippen molar-refractivity contribution in [3.05, 3.63) is 41.5 Å². The maximum absolute atomic E-state index is 10.6. The second-order valence-electron chi connectivity index (χ2n) is 7.72. The summed E-state index contributed by atoms with van der Waals surface area (Å²) in [6.45, 7) is 4.21. The van der Waals surface area contributed by atoms with Crippen molar-refractivity contribution in [2.75, 3.05) is 0 Å². The van der Waals surface area contributed by atoms with Crippen LogP contribution in [0.1, 0.15) is 69.4 Å². The zero-order chi connectivity index (χ0) is 18.4. The minimum atomic E-state index is 0.644. The van der Waals surface area contributed by atoms with Gasteiger partial charge in [-0.05, 0) is 62.0 Å². The van der Waals surface area contributed by atoms with Gasteiger partial charge in [-0.15, -0.1) is 23.6 Å². The first-order valence-electron chi connectivity index (χ1n) is 10.0. The summed E-state index contributed by atoms with van der Waals surface area (Å²) in [7, 11) is 0. The second-order valence-corrected chi connectivity index (χ2v) is 8.97. The Morgan fingerprint density at radius 3 is 3.04 bits per heavy atom. The predicted octanol–water partition coefficient (Wildman–Crippen LogP) is 6.17. The van der Waals surface area contributed by atoms with Crippen molar-refractivity contribution < 1.29 is 4.79 Å². The normalized spacial score (nSPS) is 24.8. The molecule has 0 amide bonds. The van der Waals surface area contributed by atoms with E-state index in [0.717, 1.165) is 37.2 Å². The number of aryl methyl sites for hydroxylation is 1. The lowest BCUT2D eigenvalue weighted by atomic mass is 9.87. The maximum atomic E-state index is 10.6. The Bertz CT molecular complexity index is 709. The number of carbonyl (C=O) groups is 1. The highest BCUT2D eigenvalue weighted by molar-refractivity contribution is 8.00. The van der Waals surface area contributed by atoms with E-state index in [-0.39, 0.29) is 0 Å². The molecule has 0 aromatic heterocycles. The van der Waals surface area contributed by atoms with Crippen LogP contribution in [0.5, 0.6) is 0 Å². The van der Waals surface area contributed by atoms with Gasteiger partial charge in [-0.25, -0.2) is 0 Å². The van der Waals surface area contributed by atoms with Crippen molar-refractivity contribution in [2.24, 2.45) is 11.8 Å². The van der Waals surface area contributed by atoms with Crippen molar-refractivity contribution in [3.8, 4) is 11.8 Å². The molecule has 0 N–H and O–H groups in total. The van der Waals surface area contributed by atoms with Crippen LogP contribution in [0.25, 0.3) is 0 Å². The molecule has 1 saturated carbocycles. The number of aldehydes is 1. The van der Waals surface area contributed by atoms with Gasteiger partial charge in [0, 0.05) is 28.9 Å². The molecule has 1 aromatic rings. The van der Waals surface area contributed by atoms with Crippen LogP contribution in [0, 0.1) is 23.7 Å². The Morgan fingerprint density at radius 2 is 2.23 bits per heavy atom. The van der Waals surface area contributed by atoms with Crippen LogP contribution >= 0.6 is 11.8 Å². The van der Waals surface area contributed by atoms with Crippen LogP contribution in [-0.2, 0) is 11.2 Å². The topological polar surface area (TPSA) is 17.1 Å². The van der Waals surface area contributed by atoms with Crippen LogP contribution in [-0.4, -0.2) is 11.5 Å². The van der Waals surface area contributed by atoms with Crippen molar-refractivity contribution >= 4 is 18.0 Å². The highest BCUT2D eigenvalue weighted by Gasteiger charge is 2.42. The fourth-order valence-corrected chi connectivity index (χ4v) is 6.06. The predicted molar refractivity (Wildman–Crippen MR) is 112 cm³/mol.